The smallest absolute Gasteiger partial charge is 0.332 e. The molecule has 130 valence electrons. The Kier molecular flexibility index (Phi) is 5.48. The maximum absolute atomic E-state index is 12.6. The highest BCUT2D eigenvalue weighted by atomic mass is 32.2. The molecule has 8 heteroatoms. The van der Waals surface area contributed by atoms with Crippen LogP contribution in [0.25, 0.3) is 11.0 Å². The van der Waals surface area contributed by atoms with E-state index in [9.17, 15) is 14.4 Å². The number of rotatable bonds is 5. The maximum atomic E-state index is 12.6. The van der Waals surface area contributed by atoms with Gasteiger partial charge in [-0.1, -0.05) is 6.92 Å². The van der Waals surface area contributed by atoms with Crippen molar-refractivity contribution in [3.8, 4) is 0 Å². The number of hydrogen-bond donors (Lipinski definition) is 0. The lowest BCUT2D eigenvalue weighted by molar-refractivity contribution is -0.142. The Labute approximate surface area is 143 Å². The van der Waals surface area contributed by atoms with E-state index in [0.717, 1.165) is 10.1 Å². The minimum absolute atomic E-state index is 0.308. The standard InChI is InChI=1S/C16H21N3O4S/c1-6-10(15(21)23-7-2)24-12-9(3)8-17-13-11(12)14(20)19(5)16(22)18(13)4/h8,10H,6-7H2,1-5H3/t10-/m1/s1. The van der Waals surface area contributed by atoms with Gasteiger partial charge in [-0.2, -0.15) is 0 Å². The molecular formula is C16H21N3O4S. The number of carbonyl (C=O) groups is 1. The molecular weight excluding hydrogens is 330 g/mol. The maximum Gasteiger partial charge on any atom is 0.332 e. The molecule has 24 heavy (non-hydrogen) atoms. The molecule has 0 unspecified atom stereocenters. The number of carbonyl (C=O) groups excluding carboxylic acids is 1. The first-order valence-corrected chi connectivity index (χ1v) is 8.60. The third-order valence-corrected chi connectivity index (χ3v) is 5.35. The van der Waals surface area contributed by atoms with Crippen LogP contribution in [0.1, 0.15) is 25.8 Å². The van der Waals surface area contributed by atoms with Crippen molar-refractivity contribution in [1.82, 2.24) is 14.1 Å². The van der Waals surface area contributed by atoms with E-state index in [2.05, 4.69) is 4.98 Å². The fourth-order valence-electron chi connectivity index (χ4n) is 2.42. The summed E-state index contributed by atoms with van der Waals surface area (Å²) in [6.45, 7) is 5.79. The molecule has 0 amide bonds. The summed E-state index contributed by atoms with van der Waals surface area (Å²) < 4.78 is 7.50. The van der Waals surface area contributed by atoms with Crippen LogP contribution in [-0.2, 0) is 23.6 Å². The second-order valence-corrected chi connectivity index (χ2v) is 6.65. The molecule has 2 aromatic heterocycles. The number of aromatic nitrogens is 3. The Morgan fingerprint density at radius 3 is 2.54 bits per heavy atom. The molecule has 0 aliphatic carbocycles. The van der Waals surface area contributed by atoms with Crippen molar-refractivity contribution in [2.24, 2.45) is 14.1 Å². The molecule has 0 radical (unpaired) electrons. The van der Waals surface area contributed by atoms with Gasteiger partial charge in [-0.3, -0.25) is 18.7 Å². The molecule has 0 aliphatic heterocycles. The number of esters is 1. The molecule has 0 N–H and O–H groups in total. The highest BCUT2D eigenvalue weighted by molar-refractivity contribution is 8.00. The molecule has 0 saturated carbocycles. The molecule has 0 fully saturated rings. The van der Waals surface area contributed by atoms with Crippen LogP contribution in [0.2, 0.25) is 0 Å². The van der Waals surface area contributed by atoms with E-state index < -0.39 is 16.5 Å². The molecule has 0 saturated heterocycles. The fraction of sp³-hybridized carbons (Fsp3) is 0.500. The zero-order chi connectivity index (χ0) is 18.0. The topological polar surface area (TPSA) is 83.2 Å². The predicted octanol–water partition coefficient (Wildman–Crippen LogP) is 1.37. The number of aryl methyl sites for hydroxylation is 2. The fourth-order valence-corrected chi connectivity index (χ4v) is 3.58. The number of thioether (sulfide) groups is 1. The third kappa shape index (κ3) is 3.10. The molecule has 0 bridgehead atoms. The number of nitrogens with zero attached hydrogens (tertiary/aromatic N) is 3. The molecule has 2 aromatic rings. The highest BCUT2D eigenvalue weighted by Gasteiger charge is 2.23. The van der Waals surface area contributed by atoms with E-state index in [1.165, 1.54) is 23.4 Å². The summed E-state index contributed by atoms with van der Waals surface area (Å²) >= 11 is 1.29. The zero-order valence-electron chi connectivity index (χ0n) is 14.5. The van der Waals surface area contributed by atoms with Gasteiger partial charge in [0.2, 0.25) is 0 Å². The molecule has 7 nitrogen and oxygen atoms in total. The molecule has 0 spiro atoms. The number of ether oxygens (including phenoxy) is 1. The van der Waals surface area contributed by atoms with Crippen LogP contribution < -0.4 is 11.2 Å². The lowest BCUT2D eigenvalue weighted by atomic mass is 10.2. The quantitative estimate of drug-likeness (QED) is 0.598. The van der Waals surface area contributed by atoms with E-state index in [1.54, 1.807) is 20.2 Å². The first kappa shape index (κ1) is 18.3. The van der Waals surface area contributed by atoms with Crippen molar-refractivity contribution in [3.63, 3.8) is 0 Å². The molecule has 2 heterocycles. The van der Waals surface area contributed by atoms with Crippen LogP contribution in [0.3, 0.4) is 0 Å². The van der Waals surface area contributed by atoms with E-state index in [-0.39, 0.29) is 5.97 Å². The molecule has 2 rings (SSSR count). The van der Waals surface area contributed by atoms with E-state index in [4.69, 9.17) is 4.74 Å². The second kappa shape index (κ2) is 7.21. The van der Waals surface area contributed by atoms with Crippen LogP contribution in [0.5, 0.6) is 0 Å². The summed E-state index contributed by atoms with van der Waals surface area (Å²) in [5.41, 5.74) is 0.253. The molecule has 1 atom stereocenters. The van der Waals surface area contributed by atoms with Gasteiger partial charge < -0.3 is 4.74 Å². The van der Waals surface area contributed by atoms with E-state index in [1.807, 2.05) is 13.8 Å². The minimum Gasteiger partial charge on any atom is -0.465 e. The van der Waals surface area contributed by atoms with Crippen molar-refractivity contribution in [2.75, 3.05) is 6.61 Å². The Balaban J connectivity index is 2.70. The van der Waals surface area contributed by atoms with Crippen molar-refractivity contribution < 1.29 is 9.53 Å². The summed E-state index contributed by atoms with van der Waals surface area (Å²) in [4.78, 5) is 41.7. The predicted molar refractivity (Wildman–Crippen MR) is 93.5 cm³/mol. The monoisotopic (exact) mass is 351 g/mol. The summed E-state index contributed by atoms with van der Waals surface area (Å²) in [5, 5.41) is -0.0662. The van der Waals surface area contributed by atoms with Gasteiger partial charge in [-0.15, -0.1) is 11.8 Å². The van der Waals surface area contributed by atoms with Gasteiger partial charge in [0.25, 0.3) is 5.56 Å². The van der Waals surface area contributed by atoms with Gasteiger partial charge in [-0.05, 0) is 25.8 Å². The van der Waals surface area contributed by atoms with Gasteiger partial charge in [-0.25, -0.2) is 9.78 Å². The van der Waals surface area contributed by atoms with Crippen LogP contribution in [0, 0.1) is 6.92 Å². The van der Waals surface area contributed by atoms with Crippen molar-refractivity contribution in [3.05, 3.63) is 32.6 Å². The van der Waals surface area contributed by atoms with E-state index in [0.29, 0.717) is 29.0 Å². The summed E-state index contributed by atoms with van der Waals surface area (Å²) in [6.07, 6.45) is 2.18. The summed E-state index contributed by atoms with van der Waals surface area (Å²) in [5.74, 6) is -0.309. The molecule has 0 aromatic carbocycles. The van der Waals surface area contributed by atoms with E-state index >= 15 is 0 Å². The average molecular weight is 351 g/mol. The van der Waals surface area contributed by atoms with Crippen LogP contribution in [0.4, 0.5) is 0 Å². The first-order chi connectivity index (χ1) is 11.3. The average Bonchev–Trinajstić information content (AvgIpc) is 2.56. The number of pyridine rings is 1. The molecule has 0 aliphatic rings. The van der Waals surface area contributed by atoms with Crippen LogP contribution >= 0.6 is 11.8 Å². The van der Waals surface area contributed by atoms with Gasteiger partial charge in [0.15, 0.2) is 0 Å². The second-order valence-electron chi connectivity index (χ2n) is 5.44. The number of fused-ring (bicyclic) bond motifs is 1. The Hall–Kier alpha value is -2.09. The lowest BCUT2D eigenvalue weighted by Gasteiger charge is -2.17. The van der Waals surface area contributed by atoms with Crippen molar-refractivity contribution in [1.29, 1.82) is 0 Å². The minimum atomic E-state index is -0.433. The lowest BCUT2D eigenvalue weighted by Crippen LogP contribution is -2.37. The number of hydrogen-bond acceptors (Lipinski definition) is 6. The zero-order valence-corrected chi connectivity index (χ0v) is 15.3. The van der Waals surface area contributed by atoms with Crippen LogP contribution in [0.15, 0.2) is 20.7 Å². The van der Waals surface area contributed by atoms with Gasteiger partial charge in [0.05, 0.1) is 12.0 Å². The normalized spacial score (nSPS) is 12.4. The van der Waals surface area contributed by atoms with Crippen LogP contribution in [-0.4, -0.2) is 31.9 Å². The highest BCUT2D eigenvalue weighted by Crippen LogP contribution is 2.32. The van der Waals surface area contributed by atoms with Gasteiger partial charge in [0, 0.05) is 25.2 Å². The van der Waals surface area contributed by atoms with Gasteiger partial charge in [0.1, 0.15) is 10.9 Å². The summed E-state index contributed by atoms with van der Waals surface area (Å²) in [6, 6.07) is 0. The SMILES string of the molecule is CCOC(=O)[C@@H](CC)Sc1c(C)cnc2c1c(=O)n(C)c(=O)n2C. The van der Waals surface area contributed by atoms with Gasteiger partial charge >= 0.3 is 11.7 Å². The van der Waals surface area contributed by atoms with Crippen molar-refractivity contribution in [2.45, 2.75) is 37.3 Å². The third-order valence-electron chi connectivity index (χ3n) is 3.78. The van der Waals surface area contributed by atoms with Crippen molar-refractivity contribution >= 4 is 28.8 Å². The summed E-state index contributed by atoms with van der Waals surface area (Å²) in [7, 11) is 3.01. The largest absolute Gasteiger partial charge is 0.465 e. The Morgan fingerprint density at radius 1 is 1.29 bits per heavy atom. The Bertz CT molecular complexity index is 901. The Morgan fingerprint density at radius 2 is 1.96 bits per heavy atom. The first-order valence-electron chi connectivity index (χ1n) is 7.72.